The van der Waals surface area contributed by atoms with Gasteiger partial charge in [-0.05, 0) is 51.4 Å². The van der Waals surface area contributed by atoms with Gasteiger partial charge in [0.25, 0.3) is 0 Å². The molecular formula is C13H22. The minimum absolute atomic E-state index is 0.824. The maximum Gasteiger partial charge on any atom is -0.0177 e. The molecule has 0 aromatic carbocycles. The predicted octanol–water partition coefficient (Wildman–Crippen LogP) is 4.34. The minimum atomic E-state index is 0.824. The molecule has 0 saturated heterocycles. The first-order valence-corrected chi connectivity index (χ1v) is 5.42. The Labute approximate surface area is 82.7 Å². The molecule has 1 rings (SSSR count). The maximum absolute atomic E-state index is 3.97. The lowest BCUT2D eigenvalue weighted by Crippen LogP contribution is -2.16. The standard InChI is InChI=1S/C13H22/c1-10(2)8-9-13-11(3)6-5-7-12(13)4/h6,12-13H,1,5,7-9H2,2-4H3. The van der Waals surface area contributed by atoms with Gasteiger partial charge in [-0.2, -0.15) is 0 Å². The number of rotatable bonds is 3. The molecule has 0 nitrogen and oxygen atoms in total. The van der Waals surface area contributed by atoms with Crippen LogP contribution < -0.4 is 0 Å². The Kier molecular flexibility index (Phi) is 3.77. The highest BCUT2D eigenvalue weighted by Crippen LogP contribution is 2.33. The van der Waals surface area contributed by atoms with E-state index in [1.165, 1.54) is 31.3 Å². The van der Waals surface area contributed by atoms with E-state index in [1.807, 2.05) is 0 Å². The molecule has 0 fully saturated rings. The van der Waals surface area contributed by atoms with E-state index in [2.05, 4.69) is 33.4 Å². The van der Waals surface area contributed by atoms with Gasteiger partial charge in [0.1, 0.15) is 0 Å². The van der Waals surface area contributed by atoms with Crippen LogP contribution in [-0.2, 0) is 0 Å². The van der Waals surface area contributed by atoms with Crippen LogP contribution in [0, 0.1) is 11.8 Å². The lowest BCUT2D eigenvalue weighted by molar-refractivity contribution is 0.347. The maximum atomic E-state index is 3.97. The molecule has 0 bridgehead atoms. The number of allylic oxidation sites excluding steroid dienone is 3. The third kappa shape index (κ3) is 3.02. The Morgan fingerprint density at radius 1 is 1.62 bits per heavy atom. The summed E-state index contributed by atoms with van der Waals surface area (Å²) >= 11 is 0. The van der Waals surface area contributed by atoms with Crippen LogP contribution in [0.5, 0.6) is 0 Å². The Hall–Kier alpha value is -0.520. The zero-order valence-corrected chi connectivity index (χ0v) is 9.27. The Morgan fingerprint density at radius 2 is 2.31 bits per heavy atom. The fourth-order valence-corrected chi connectivity index (χ4v) is 2.29. The van der Waals surface area contributed by atoms with E-state index in [9.17, 15) is 0 Å². The van der Waals surface area contributed by atoms with Crippen molar-refractivity contribution in [2.45, 2.75) is 46.5 Å². The third-order valence-corrected chi connectivity index (χ3v) is 3.24. The SMILES string of the molecule is C=C(C)CCC1C(C)=CCCC1C. The molecule has 2 atom stereocenters. The first kappa shape index (κ1) is 10.6. The zero-order chi connectivity index (χ0) is 9.84. The molecular weight excluding hydrogens is 156 g/mol. The first-order valence-electron chi connectivity index (χ1n) is 5.42. The summed E-state index contributed by atoms with van der Waals surface area (Å²) in [7, 11) is 0. The van der Waals surface area contributed by atoms with Gasteiger partial charge in [-0.15, -0.1) is 6.58 Å². The third-order valence-electron chi connectivity index (χ3n) is 3.24. The van der Waals surface area contributed by atoms with Gasteiger partial charge in [0.15, 0.2) is 0 Å². The zero-order valence-electron chi connectivity index (χ0n) is 9.27. The van der Waals surface area contributed by atoms with Crippen molar-refractivity contribution >= 4 is 0 Å². The molecule has 0 heterocycles. The van der Waals surface area contributed by atoms with E-state index < -0.39 is 0 Å². The van der Waals surface area contributed by atoms with Crippen LogP contribution in [0.1, 0.15) is 46.5 Å². The van der Waals surface area contributed by atoms with Crippen molar-refractivity contribution in [3.63, 3.8) is 0 Å². The van der Waals surface area contributed by atoms with Crippen molar-refractivity contribution in [2.24, 2.45) is 11.8 Å². The summed E-state index contributed by atoms with van der Waals surface area (Å²) in [5.41, 5.74) is 2.94. The fraction of sp³-hybridized carbons (Fsp3) is 0.692. The molecule has 13 heavy (non-hydrogen) atoms. The summed E-state index contributed by atoms with van der Waals surface area (Å²) in [4.78, 5) is 0. The Morgan fingerprint density at radius 3 is 2.85 bits per heavy atom. The molecule has 2 unspecified atom stereocenters. The number of hydrogen-bond donors (Lipinski definition) is 0. The average Bonchev–Trinajstić information content (AvgIpc) is 2.03. The number of hydrogen-bond acceptors (Lipinski definition) is 0. The van der Waals surface area contributed by atoms with Gasteiger partial charge in [-0.25, -0.2) is 0 Å². The van der Waals surface area contributed by atoms with Crippen LogP contribution in [0.3, 0.4) is 0 Å². The van der Waals surface area contributed by atoms with Crippen molar-refractivity contribution in [1.82, 2.24) is 0 Å². The van der Waals surface area contributed by atoms with Gasteiger partial charge in [0.05, 0.1) is 0 Å². The molecule has 74 valence electrons. The van der Waals surface area contributed by atoms with E-state index in [0.717, 1.165) is 11.8 Å². The first-order chi connectivity index (χ1) is 6.11. The van der Waals surface area contributed by atoms with Crippen LogP contribution in [0.2, 0.25) is 0 Å². The van der Waals surface area contributed by atoms with E-state index >= 15 is 0 Å². The second-order valence-electron chi connectivity index (χ2n) is 4.61. The van der Waals surface area contributed by atoms with Crippen LogP contribution in [0.25, 0.3) is 0 Å². The van der Waals surface area contributed by atoms with E-state index in [-0.39, 0.29) is 0 Å². The molecule has 0 saturated carbocycles. The molecule has 0 amide bonds. The molecule has 1 aliphatic carbocycles. The lowest BCUT2D eigenvalue weighted by Gasteiger charge is -2.28. The Bertz CT molecular complexity index is 210. The van der Waals surface area contributed by atoms with Gasteiger partial charge < -0.3 is 0 Å². The largest absolute Gasteiger partial charge is 0.100 e. The molecule has 0 spiro atoms. The van der Waals surface area contributed by atoms with Gasteiger partial charge in [0.2, 0.25) is 0 Å². The highest BCUT2D eigenvalue weighted by molar-refractivity contribution is 5.09. The van der Waals surface area contributed by atoms with Crippen LogP contribution >= 0.6 is 0 Å². The van der Waals surface area contributed by atoms with Crippen molar-refractivity contribution in [3.8, 4) is 0 Å². The molecule has 0 radical (unpaired) electrons. The van der Waals surface area contributed by atoms with E-state index in [0.29, 0.717) is 0 Å². The molecule has 0 aromatic heterocycles. The summed E-state index contributed by atoms with van der Waals surface area (Å²) < 4.78 is 0. The molecule has 0 heteroatoms. The van der Waals surface area contributed by atoms with Crippen molar-refractivity contribution in [2.75, 3.05) is 0 Å². The van der Waals surface area contributed by atoms with Gasteiger partial charge in [-0.3, -0.25) is 0 Å². The molecule has 0 aliphatic heterocycles. The quantitative estimate of drug-likeness (QED) is 0.564. The van der Waals surface area contributed by atoms with E-state index in [1.54, 1.807) is 5.57 Å². The highest BCUT2D eigenvalue weighted by atomic mass is 14.3. The summed E-state index contributed by atoms with van der Waals surface area (Å²) in [5, 5.41) is 0. The molecule has 0 aromatic rings. The topological polar surface area (TPSA) is 0 Å². The monoisotopic (exact) mass is 178 g/mol. The average molecular weight is 178 g/mol. The highest BCUT2D eigenvalue weighted by Gasteiger charge is 2.21. The van der Waals surface area contributed by atoms with Crippen LogP contribution in [-0.4, -0.2) is 0 Å². The normalized spacial score (nSPS) is 28.4. The van der Waals surface area contributed by atoms with Crippen LogP contribution in [0.15, 0.2) is 23.8 Å². The van der Waals surface area contributed by atoms with Crippen molar-refractivity contribution in [3.05, 3.63) is 23.8 Å². The predicted molar refractivity (Wildman–Crippen MR) is 59.7 cm³/mol. The van der Waals surface area contributed by atoms with E-state index in [4.69, 9.17) is 0 Å². The molecule has 0 N–H and O–H groups in total. The fourth-order valence-electron chi connectivity index (χ4n) is 2.29. The van der Waals surface area contributed by atoms with Gasteiger partial charge in [-0.1, -0.05) is 24.1 Å². The second-order valence-corrected chi connectivity index (χ2v) is 4.61. The second kappa shape index (κ2) is 4.64. The van der Waals surface area contributed by atoms with Gasteiger partial charge >= 0.3 is 0 Å². The summed E-state index contributed by atoms with van der Waals surface area (Å²) in [6.07, 6.45) is 7.58. The summed E-state index contributed by atoms with van der Waals surface area (Å²) in [6.45, 7) is 10.8. The smallest absolute Gasteiger partial charge is 0.0177 e. The van der Waals surface area contributed by atoms with Crippen molar-refractivity contribution < 1.29 is 0 Å². The lowest BCUT2D eigenvalue weighted by atomic mass is 9.77. The van der Waals surface area contributed by atoms with Crippen molar-refractivity contribution in [1.29, 1.82) is 0 Å². The summed E-state index contributed by atoms with van der Waals surface area (Å²) in [6, 6.07) is 0. The summed E-state index contributed by atoms with van der Waals surface area (Å²) in [5.74, 6) is 1.70. The minimum Gasteiger partial charge on any atom is -0.100 e. The van der Waals surface area contributed by atoms with Crippen LogP contribution in [0.4, 0.5) is 0 Å². The van der Waals surface area contributed by atoms with Gasteiger partial charge in [0, 0.05) is 0 Å². The molecule has 1 aliphatic rings. The Balaban J connectivity index is 2.50.